The molecule has 0 saturated carbocycles. The summed E-state index contributed by atoms with van der Waals surface area (Å²) in [6, 6.07) is 9.71. The van der Waals surface area contributed by atoms with Crippen molar-refractivity contribution in [2.45, 2.75) is 24.8 Å². The van der Waals surface area contributed by atoms with Gasteiger partial charge in [0.2, 0.25) is 0 Å². The Bertz CT molecular complexity index is 647. The van der Waals surface area contributed by atoms with E-state index >= 15 is 0 Å². The predicted octanol–water partition coefficient (Wildman–Crippen LogP) is 2.98. The van der Waals surface area contributed by atoms with Crippen molar-refractivity contribution in [3.8, 4) is 5.75 Å². The summed E-state index contributed by atoms with van der Waals surface area (Å²) in [6.45, 7) is 0. The van der Waals surface area contributed by atoms with E-state index in [9.17, 15) is 0 Å². The lowest BCUT2D eigenvalue weighted by Crippen LogP contribution is -2.32. The van der Waals surface area contributed by atoms with Crippen LogP contribution >= 0.6 is 11.6 Å². The van der Waals surface area contributed by atoms with Crippen LogP contribution in [0.5, 0.6) is 5.75 Å². The molecule has 1 aromatic heterocycles. The van der Waals surface area contributed by atoms with Gasteiger partial charge in [0.1, 0.15) is 5.75 Å². The van der Waals surface area contributed by atoms with Crippen LogP contribution in [0.4, 0.5) is 0 Å². The van der Waals surface area contributed by atoms with E-state index in [1.54, 1.807) is 7.11 Å². The second kappa shape index (κ2) is 6.02. The highest BCUT2D eigenvalue weighted by Crippen LogP contribution is 2.42. The van der Waals surface area contributed by atoms with Gasteiger partial charge in [0, 0.05) is 28.4 Å². The lowest BCUT2D eigenvalue weighted by molar-refractivity contribution is 0.383. The van der Waals surface area contributed by atoms with Crippen LogP contribution in [-0.4, -0.2) is 12.1 Å². The van der Waals surface area contributed by atoms with Crippen LogP contribution in [0, 0.1) is 0 Å². The monoisotopic (exact) mass is 303 g/mol. The van der Waals surface area contributed by atoms with Crippen LogP contribution in [0.1, 0.15) is 35.2 Å². The van der Waals surface area contributed by atoms with E-state index in [2.05, 4.69) is 16.5 Å². The molecule has 0 bridgehead atoms. The number of methoxy groups -OCH3 is 1. The van der Waals surface area contributed by atoms with Crippen LogP contribution in [0.2, 0.25) is 5.02 Å². The Kier molecular flexibility index (Phi) is 4.10. The number of hydrazine groups is 1. The first-order valence-electron chi connectivity index (χ1n) is 6.98. The molecule has 2 unspecified atom stereocenters. The summed E-state index contributed by atoms with van der Waals surface area (Å²) in [5.74, 6) is 6.82. The van der Waals surface area contributed by atoms with Crippen LogP contribution in [0.3, 0.4) is 0 Å². The summed E-state index contributed by atoms with van der Waals surface area (Å²) < 4.78 is 5.46. The maximum absolute atomic E-state index is 6.04. The summed E-state index contributed by atoms with van der Waals surface area (Å²) in [5.41, 5.74) is 6.36. The number of fused-ring (bicyclic) bond motifs is 1. The highest BCUT2D eigenvalue weighted by atomic mass is 35.5. The number of ether oxygens (including phenoxy) is 1. The minimum absolute atomic E-state index is 0.0478. The molecule has 1 heterocycles. The van der Waals surface area contributed by atoms with E-state index in [0.717, 1.165) is 29.8 Å². The van der Waals surface area contributed by atoms with Gasteiger partial charge in [-0.25, -0.2) is 0 Å². The maximum Gasteiger partial charge on any atom is 0.125 e. The standard InChI is InChI=1S/C16H18ClN3O/c1-21-14-9-11(17)5-7-12(14)16(20-18)13-6-4-10-3-2-8-19-15(10)13/h2-3,5,7-9,13,16,20H,4,6,18H2,1H3. The molecule has 1 aromatic carbocycles. The van der Waals surface area contributed by atoms with Gasteiger partial charge in [-0.05, 0) is 36.6 Å². The molecule has 0 fully saturated rings. The quantitative estimate of drug-likeness (QED) is 0.673. The average Bonchev–Trinajstić information content (AvgIpc) is 2.93. The minimum Gasteiger partial charge on any atom is -0.496 e. The third kappa shape index (κ3) is 2.62. The topological polar surface area (TPSA) is 60.2 Å². The first-order chi connectivity index (χ1) is 10.2. The molecule has 110 valence electrons. The SMILES string of the molecule is COc1cc(Cl)ccc1C(NN)C1CCc2cccnc21. The van der Waals surface area contributed by atoms with Crippen molar-refractivity contribution in [1.82, 2.24) is 10.4 Å². The van der Waals surface area contributed by atoms with Gasteiger partial charge in [-0.2, -0.15) is 0 Å². The molecule has 0 amide bonds. The molecule has 0 saturated heterocycles. The zero-order chi connectivity index (χ0) is 14.8. The normalized spacial score (nSPS) is 18.3. The number of nitrogens with two attached hydrogens (primary N) is 1. The molecular formula is C16H18ClN3O. The largest absolute Gasteiger partial charge is 0.496 e. The Morgan fingerprint density at radius 2 is 2.29 bits per heavy atom. The molecule has 5 heteroatoms. The lowest BCUT2D eigenvalue weighted by Gasteiger charge is -2.25. The molecule has 0 radical (unpaired) electrons. The Hall–Kier alpha value is -1.62. The molecule has 2 aromatic rings. The molecule has 0 aliphatic heterocycles. The van der Waals surface area contributed by atoms with Crippen LogP contribution in [0.25, 0.3) is 0 Å². The van der Waals surface area contributed by atoms with Crippen molar-refractivity contribution in [2.24, 2.45) is 5.84 Å². The van der Waals surface area contributed by atoms with Crippen LogP contribution in [-0.2, 0) is 6.42 Å². The van der Waals surface area contributed by atoms with Gasteiger partial charge in [0.05, 0.1) is 13.2 Å². The number of halogens is 1. The molecule has 2 atom stereocenters. The number of pyridine rings is 1. The van der Waals surface area contributed by atoms with Crippen molar-refractivity contribution < 1.29 is 4.74 Å². The fourth-order valence-electron chi connectivity index (χ4n) is 3.13. The van der Waals surface area contributed by atoms with E-state index in [-0.39, 0.29) is 12.0 Å². The molecular weight excluding hydrogens is 286 g/mol. The Morgan fingerprint density at radius 1 is 1.43 bits per heavy atom. The Balaban J connectivity index is 2.00. The van der Waals surface area contributed by atoms with Crippen molar-refractivity contribution in [3.63, 3.8) is 0 Å². The summed E-state index contributed by atoms with van der Waals surface area (Å²) in [5, 5.41) is 0.649. The van der Waals surface area contributed by atoms with Gasteiger partial charge in [-0.15, -0.1) is 0 Å². The summed E-state index contributed by atoms with van der Waals surface area (Å²) in [6.07, 6.45) is 3.89. The maximum atomic E-state index is 6.04. The predicted molar refractivity (Wildman–Crippen MR) is 83.4 cm³/mol. The van der Waals surface area contributed by atoms with Gasteiger partial charge >= 0.3 is 0 Å². The number of aromatic nitrogens is 1. The highest BCUT2D eigenvalue weighted by molar-refractivity contribution is 6.30. The van der Waals surface area contributed by atoms with E-state index < -0.39 is 0 Å². The van der Waals surface area contributed by atoms with Crippen LogP contribution < -0.4 is 16.0 Å². The highest BCUT2D eigenvalue weighted by Gasteiger charge is 2.32. The van der Waals surface area contributed by atoms with Crippen molar-refractivity contribution >= 4 is 11.6 Å². The van der Waals surface area contributed by atoms with E-state index in [0.29, 0.717) is 5.02 Å². The second-order valence-corrected chi connectivity index (χ2v) is 5.66. The number of aryl methyl sites for hydroxylation is 1. The summed E-state index contributed by atoms with van der Waals surface area (Å²) in [7, 11) is 1.64. The molecule has 0 spiro atoms. The number of nitrogens with one attached hydrogen (secondary N) is 1. The van der Waals surface area contributed by atoms with Crippen LogP contribution in [0.15, 0.2) is 36.5 Å². The minimum atomic E-state index is -0.0478. The third-order valence-electron chi connectivity index (χ3n) is 4.11. The van der Waals surface area contributed by atoms with E-state index in [4.69, 9.17) is 22.2 Å². The van der Waals surface area contributed by atoms with Crippen molar-refractivity contribution in [2.75, 3.05) is 7.11 Å². The fourth-order valence-corrected chi connectivity index (χ4v) is 3.30. The molecule has 21 heavy (non-hydrogen) atoms. The summed E-state index contributed by atoms with van der Waals surface area (Å²) in [4.78, 5) is 4.55. The Morgan fingerprint density at radius 3 is 3.05 bits per heavy atom. The number of hydrogen-bond acceptors (Lipinski definition) is 4. The van der Waals surface area contributed by atoms with Gasteiger partial charge in [-0.1, -0.05) is 23.7 Å². The smallest absolute Gasteiger partial charge is 0.125 e. The lowest BCUT2D eigenvalue weighted by atomic mass is 9.90. The summed E-state index contributed by atoms with van der Waals surface area (Å²) >= 11 is 6.04. The molecule has 3 rings (SSSR count). The third-order valence-corrected chi connectivity index (χ3v) is 4.35. The zero-order valence-electron chi connectivity index (χ0n) is 11.8. The van der Waals surface area contributed by atoms with Crippen molar-refractivity contribution in [3.05, 3.63) is 58.4 Å². The van der Waals surface area contributed by atoms with Crippen molar-refractivity contribution in [1.29, 1.82) is 0 Å². The number of nitrogens with zero attached hydrogens (tertiary/aromatic N) is 1. The van der Waals surface area contributed by atoms with Gasteiger partial charge < -0.3 is 4.74 Å². The first-order valence-corrected chi connectivity index (χ1v) is 7.35. The second-order valence-electron chi connectivity index (χ2n) is 5.22. The zero-order valence-corrected chi connectivity index (χ0v) is 12.6. The Labute approximate surface area is 129 Å². The first kappa shape index (κ1) is 14.3. The number of rotatable bonds is 4. The van der Waals surface area contributed by atoms with Gasteiger partial charge in [0.15, 0.2) is 0 Å². The molecule has 3 N–H and O–H groups in total. The number of hydrogen-bond donors (Lipinski definition) is 2. The van der Waals surface area contributed by atoms with Gasteiger partial charge in [0.25, 0.3) is 0 Å². The molecule has 1 aliphatic carbocycles. The molecule has 1 aliphatic rings. The van der Waals surface area contributed by atoms with Gasteiger partial charge in [-0.3, -0.25) is 16.3 Å². The fraction of sp³-hybridized carbons (Fsp3) is 0.312. The number of benzene rings is 1. The molecule has 4 nitrogen and oxygen atoms in total. The average molecular weight is 304 g/mol. The van der Waals surface area contributed by atoms with E-state index in [1.165, 1.54) is 5.56 Å². The van der Waals surface area contributed by atoms with E-state index in [1.807, 2.05) is 30.5 Å².